The summed E-state index contributed by atoms with van der Waals surface area (Å²) in [5.41, 5.74) is 4.45. The molecule has 0 atom stereocenters. The van der Waals surface area contributed by atoms with Crippen LogP contribution in [0.15, 0.2) is 84.4 Å². The summed E-state index contributed by atoms with van der Waals surface area (Å²) in [4.78, 5) is 15.6. The third-order valence-electron chi connectivity index (χ3n) is 7.11. The molecule has 5 nitrogen and oxygen atoms in total. The third-order valence-corrected chi connectivity index (χ3v) is 7.11. The van der Waals surface area contributed by atoms with Crippen LogP contribution in [0.25, 0.3) is 21.8 Å². The van der Waals surface area contributed by atoms with Gasteiger partial charge in [0.1, 0.15) is 5.75 Å². The Bertz CT molecular complexity index is 1390. The number of esters is 1. The highest BCUT2D eigenvalue weighted by atomic mass is 16.5. The molecule has 0 radical (unpaired) electrons. The van der Waals surface area contributed by atoms with Crippen molar-refractivity contribution in [1.82, 2.24) is 4.57 Å². The number of aryl methyl sites for hydroxylation is 1. The van der Waals surface area contributed by atoms with Gasteiger partial charge >= 0.3 is 5.97 Å². The van der Waals surface area contributed by atoms with Crippen LogP contribution < -0.4 is 4.74 Å². The van der Waals surface area contributed by atoms with Gasteiger partial charge in [0.05, 0.1) is 18.9 Å². The van der Waals surface area contributed by atoms with Crippen LogP contribution in [0.2, 0.25) is 0 Å². The van der Waals surface area contributed by atoms with Crippen molar-refractivity contribution in [3.63, 3.8) is 0 Å². The summed E-state index contributed by atoms with van der Waals surface area (Å²) in [6.45, 7) is 4.65. The summed E-state index contributed by atoms with van der Waals surface area (Å²) in [5, 5.41) is 2.55. The summed E-state index contributed by atoms with van der Waals surface area (Å²) >= 11 is 0. The molecule has 0 saturated carbocycles. The number of para-hydroxylation sites is 1. The molecule has 0 fully saturated rings. The molecule has 1 aromatic heterocycles. The zero-order chi connectivity index (χ0) is 27.3. The summed E-state index contributed by atoms with van der Waals surface area (Å²) in [7, 11) is 2.11. The minimum absolute atomic E-state index is 0.327. The van der Waals surface area contributed by atoms with E-state index in [0.717, 1.165) is 42.9 Å². The fourth-order valence-corrected chi connectivity index (χ4v) is 4.90. The Kier molecular flexibility index (Phi) is 10.8. The predicted molar refractivity (Wildman–Crippen MR) is 162 cm³/mol. The van der Waals surface area contributed by atoms with Crippen molar-refractivity contribution in [2.45, 2.75) is 57.8 Å². The fraction of sp³-hybridized carbons (Fsp3) is 0.353. The lowest BCUT2D eigenvalue weighted by Crippen LogP contribution is -2.01. The standard InChI is InChI=1S/C34H40N2O3/c1-3-34(37)39-24-14-10-8-6-4-5-7-9-13-23-38-29-20-18-28(19-21-29)35-26-27-17-22-31-30-15-11-12-16-32(30)36(2)33(31)25-27/h3,11-12,15-22,25-26H,1,4-10,13-14,23-24H2,2H3. The molecular formula is C34H40N2O3. The Labute approximate surface area is 232 Å². The van der Waals surface area contributed by atoms with Crippen molar-refractivity contribution in [2.24, 2.45) is 12.0 Å². The van der Waals surface area contributed by atoms with Gasteiger partial charge in [-0.3, -0.25) is 4.99 Å². The van der Waals surface area contributed by atoms with E-state index in [1.807, 2.05) is 30.5 Å². The second kappa shape index (κ2) is 14.9. The molecule has 1 heterocycles. The number of nitrogens with zero attached hydrogens (tertiary/aromatic N) is 2. The molecule has 0 aliphatic rings. The highest BCUT2D eigenvalue weighted by Crippen LogP contribution is 2.28. The number of carbonyl (C=O) groups is 1. The maximum absolute atomic E-state index is 11.0. The predicted octanol–water partition coefficient (Wildman–Crippen LogP) is 8.70. The van der Waals surface area contributed by atoms with Gasteiger partial charge in [-0.15, -0.1) is 0 Å². The maximum Gasteiger partial charge on any atom is 0.330 e. The molecule has 204 valence electrons. The Balaban J connectivity index is 1.10. The molecule has 0 N–H and O–H groups in total. The summed E-state index contributed by atoms with van der Waals surface area (Å²) in [5.74, 6) is 0.566. The van der Waals surface area contributed by atoms with Crippen molar-refractivity contribution in [1.29, 1.82) is 0 Å². The third kappa shape index (κ3) is 8.31. The Morgan fingerprint density at radius 1 is 0.795 bits per heavy atom. The van der Waals surface area contributed by atoms with Crippen molar-refractivity contribution < 1.29 is 14.3 Å². The minimum Gasteiger partial charge on any atom is -0.494 e. The number of rotatable bonds is 16. The molecule has 4 aromatic rings. The van der Waals surface area contributed by atoms with E-state index in [0.29, 0.717) is 6.61 Å². The van der Waals surface area contributed by atoms with Crippen LogP contribution >= 0.6 is 0 Å². The number of fused-ring (bicyclic) bond motifs is 3. The van der Waals surface area contributed by atoms with Gasteiger partial charge in [-0.2, -0.15) is 0 Å². The second-order valence-corrected chi connectivity index (χ2v) is 10.0. The lowest BCUT2D eigenvalue weighted by atomic mass is 10.1. The van der Waals surface area contributed by atoms with E-state index in [9.17, 15) is 4.79 Å². The Morgan fingerprint density at radius 2 is 1.44 bits per heavy atom. The van der Waals surface area contributed by atoms with E-state index in [2.05, 4.69) is 65.7 Å². The van der Waals surface area contributed by atoms with E-state index >= 15 is 0 Å². The minimum atomic E-state index is -0.327. The largest absolute Gasteiger partial charge is 0.494 e. The van der Waals surface area contributed by atoms with Crippen molar-refractivity contribution in [3.8, 4) is 5.75 Å². The van der Waals surface area contributed by atoms with E-state index in [-0.39, 0.29) is 5.97 Å². The number of hydrogen-bond acceptors (Lipinski definition) is 4. The first-order valence-corrected chi connectivity index (χ1v) is 14.2. The summed E-state index contributed by atoms with van der Waals surface area (Å²) in [6.07, 6.45) is 13.7. The molecule has 4 rings (SSSR count). The molecule has 0 saturated heterocycles. The molecule has 0 bridgehead atoms. The number of carbonyl (C=O) groups excluding carboxylic acids is 1. The Morgan fingerprint density at radius 3 is 2.15 bits per heavy atom. The highest BCUT2D eigenvalue weighted by molar-refractivity contribution is 6.09. The van der Waals surface area contributed by atoms with Gasteiger partial charge < -0.3 is 14.0 Å². The number of benzene rings is 3. The first kappa shape index (κ1) is 28.2. The quantitative estimate of drug-likeness (QED) is 0.0637. The average Bonchev–Trinajstić information content (AvgIpc) is 3.26. The summed E-state index contributed by atoms with van der Waals surface area (Å²) in [6, 6.07) is 23.0. The van der Waals surface area contributed by atoms with Gasteiger partial charge in [0, 0.05) is 41.1 Å². The van der Waals surface area contributed by atoms with E-state index in [1.54, 1.807) is 0 Å². The fourth-order valence-electron chi connectivity index (χ4n) is 4.90. The van der Waals surface area contributed by atoms with Gasteiger partial charge in [0.15, 0.2) is 0 Å². The topological polar surface area (TPSA) is 52.8 Å². The molecule has 0 amide bonds. The van der Waals surface area contributed by atoms with Crippen LogP contribution in [0.5, 0.6) is 5.75 Å². The number of aliphatic imine (C=N–C) groups is 1. The van der Waals surface area contributed by atoms with Crippen LogP contribution in [0.3, 0.4) is 0 Å². The smallest absolute Gasteiger partial charge is 0.330 e. The first-order chi connectivity index (χ1) is 19.2. The van der Waals surface area contributed by atoms with Crippen LogP contribution in [0, 0.1) is 0 Å². The SMILES string of the molecule is C=CC(=O)OCCCCCCCCCCCOc1ccc(N=Cc2ccc3c4ccccc4n(C)c3c2)cc1. The molecule has 0 spiro atoms. The lowest BCUT2D eigenvalue weighted by Gasteiger charge is -2.06. The number of aromatic nitrogens is 1. The normalized spacial score (nSPS) is 11.4. The van der Waals surface area contributed by atoms with E-state index in [1.165, 1.54) is 66.4 Å². The van der Waals surface area contributed by atoms with Crippen molar-refractivity contribution >= 4 is 39.7 Å². The molecule has 39 heavy (non-hydrogen) atoms. The van der Waals surface area contributed by atoms with Crippen LogP contribution in [-0.4, -0.2) is 30.0 Å². The Hall–Kier alpha value is -3.86. The zero-order valence-electron chi connectivity index (χ0n) is 23.1. The van der Waals surface area contributed by atoms with Gasteiger partial charge in [-0.1, -0.05) is 81.9 Å². The van der Waals surface area contributed by atoms with E-state index in [4.69, 9.17) is 9.47 Å². The molecule has 5 heteroatoms. The van der Waals surface area contributed by atoms with Crippen molar-refractivity contribution in [3.05, 3.63) is 84.9 Å². The van der Waals surface area contributed by atoms with Crippen LogP contribution in [0.1, 0.15) is 63.4 Å². The molecule has 0 aliphatic heterocycles. The average molecular weight is 525 g/mol. The zero-order valence-corrected chi connectivity index (χ0v) is 23.1. The van der Waals surface area contributed by atoms with Gasteiger partial charge in [-0.05, 0) is 54.8 Å². The molecule has 0 aliphatic carbocycles. The number of hydrogen-bond donors (Lipinski definition) is 0. The van der Waals surface area contributed by atoms with Gasteiger partial charge in [0.2, 0.25) is 0 Å². The summed E-state index contributed by atoms with van der Waals surface area (Å²) < 4.78 is 13.2. The first-order valence-electron chi connectivity index (χ1n) is 14.2. The van der Waals surface area contributed by atoms with Crippen LogP contribution in [-0.2, 0) is 16.6 Å². The molecule has 0 unspecified atom stereocenters. The van der Waals surface area contributed by atoms with Crippen molar-refractivity contribution in [2.75, 3.05) is 13.2 Å². The molecule has 3 aromatic carbocycles. The monoisotopic (exact) mass is 524 g/mol. The lowest BCUT2D eigenvalue weighted by molar-refractivity contribution is -0.137. The van der Waals surface area contributed by atoms with Crippen LogP contribution in [0.4, 0.5) is 5.69 Å². The number of unbranched alkanes of at least 4 members (excludes halogenated alkanes) is 8. The maximum atomic E-state index is 11.0. The van der Waals surface area contributed by atoms with E-state index < -0.39 is 0 Å². The van der Waals surface area contributed by atoms with Gasteiger partial charge in [0.25, 0.3) is 0 Å². The number of ether oxygens (including phenoxy) is 2. The second-order valence-electron chi connectivity index (χ2n) is 10.0. The highest BCUT2D eigenvalue weighted by Gasteiger charge is 2.07. The molecular weight excluding hydrogens is 484 g/mol. The van der Waals surface area contributed by atoms with Gasteiger partial charge in [-0.25, -0.2) is 4.79 Å².